The third-order valence-electron chi connectivity index (χ3n) is 3.57. The molecule has 0 spiro atoms. The van der Waals surface area contributed by atoms with Crippen LogP contribution in [0.2, 0.25) is 0 Å². The van der Waals surface area contributed by atoms with Crippen LogP contribution in [0.5, 0.6) is 0 Å². The molecule has 2 rings (SSSR count). The Morgan fingerprint density at radius 3 is 3.11 bits per heavy atom. The van der Waals surface area contributed by atoms with Crippen molar-refractivity contribution in [2.75, 3.05) is 13.1 Å². The summed E-state index contributed by atoms with van der Waals surface area (Å²) in [4.78, 5) is 13.2. The number of unbranched alkanes of at least 4 members (excludes halogenated alkanes) is 2. The number of hydrogen-bond acceptors (Lipinski definition) is 3. The number of carbonyl (C=O) groups is 1. The van der Waals surface area contributed by atoms with E-state index in [1.54, 1.807) is 0 Å². The Kier molecular flexibility index (Phi) is 6.37. The van der Waals surface area contributed by atoms with Crippen LogP contribution in [0.3, 0.4) is 0 Å². The zero-order valence-corrected chi connectivity index (χ0v) is 12.3. The molecule has 1 saturated heterocycles. The monoisotopic (exact) mass is 280 g/mol. The van der Waals surface area contributed by atoms with Crippen molar-refractivity contribution in [2.45, 2.75) is 51.0 Å². The smallest absolute Gasteiger partial charge is 0.220 e. The van der Waals surface area contributed by atoms with Gasteiger partial charge >= 0.3 is 0 Å². The molecule has 1 amide bonds. The van der Waals surface area contributed by atoms with Gasteiger partial charge in [0.25, 0.3) is 0 Å². The topological polar surface area (TPSA) is 41.1 Å². The predicted octanol–water partition coefficient (Wildman–Crippen LogP) is 2.72. The summed E-state index contributed by atoms with van der Waals surface area (Å²) in [5.41, 5.74) is 0. The first-order valence-electron chi connectivity index (χ1n) is 7.37. The summed E-state index contributed by atoms with van der Waals surface area (Å²) in [6.45, 7) is 2.03. The minimum Gasteiger partial charge on any atom is -0.352 e. The molecule has 0 bridgehead atoms. The summed E-state index contributed by atoms with van der Waals surface area (Å²) < 4.78 is 0. The van der Waals surface area contributed by atoms with Gasteiger partial charge in [-0.25, -0.2) is 0 Å². The summed E-state index contributed by atoms with van der Waals surface area (Å²) in [5.74, 6) is 0.227. The average molecular weight is 280 g/mol. The number of carbonyl (C=O) groups excluding carboxylic acids is 1. The van der Waals surface area contributed by atoms with Gasteiger partial charge in [0.2, 0.25) is 5.91 Å². The van der Waals surface area contributed by atoms with Crippen molar-refractivity contribution in [3.8, 4) is 0 Å². The fraction of sp³-hybridized carbons (Fsp3) is 0.667. The molecular formula is C15H24N2OS. The molecule has 0 saturated carbocycles. The van der Waals surface area contributed by atoms with Crippen molar-refractivity contribution in [3.05, 3.63) is 22.4 Å². The number of hydrogen-bond donors (Lipinski definition) is 2. The van der Waals surface area contributed by atoms with E-state index in [1.807, 2.05) is 11.3 Å². The van der Waals surface area contributed by atoms with Crippen LogP contribution in [0.1, 0.15) is 43.4 Å². The van der Waals surface area contributed by atoms with Gasteiger partial charge in [0, 0.05) is 23.9 Å². The van der Waals surface area contributed by atoms with E-state index in [2.05, 4.69) is 28.1 Å². The Balaban J connectivity index is 1.49. The van der Waals surface area contributed by atoms with Crippen LogP contribution in [-0.4, -0.2) is 25.0 Å². The summed E-state index contributed by atoms with van der Waals surface area (Å²) >= 11 is 1.82. The van der Waals surface area contributed by atoms with Gasteiger partial charge < -0.3 is 10.6 Å². The van der Waals surface area contributed by atoms with Crippen molar-refractivity contribution in [2.24, 2.45) is 0 Å². The summed E-state index contributed by atoms with van der Waals surface area (Å²) in [6, 6.07) is 4.64. The molecule has 3 nitrogen and oxygen atoms in total. The lowest BCUT2D eigenvalue weighted by Crippen LogP contribution is -2.45. The summed E-state index contributed by atoms with van der Waals surface area (Å²) in [7, 11) is 0. The molecule has 1 fully saturated rings. The normalized spacial score (nSPS) is 19.3. The number of amides is 1. The van der Waals surface area contributed by atoms with Crippen molar-refractivity contribution in [1.29, 1.82) is 0 Å². The lowest BCUT2D eigenvalue weighted by atomic mass is 10.1. The molecule has 1 aromatic rings. The molecule has 1 aliphatic heterocycles. The Labute approximate surface area is 119 Å². The molecule has 19 heavy (non-hydrogen) atoms. The third kappa shape index (κ3) is 5.74. The van der Waals surface area contributed by atoms with E-state index in [9.17, 15) is 4.79 Å². The first-order chi connectivity index (χ1) is 9.34. The maximum absolute atomic E-state index is 11.8. The van der Waals surface area contributed by atoms with Gasteiger partial charge in [-0.3, -0.25) is 4.79 Å². The molecule has 0 radical (unpaired) electrons. The van der Waals surface area contributed by atoms with Crippen LogP contribution >= 0.6 is 11.3 Å². The molecule has 1 aliphatic rings. The van der Waals surface area contributed by atoms with E-state index in [0.717, 1.165) is 38.8 Å². The summed E-state index contributed by atoms with van der Waals surface area (Å²) in [6.07, 6.45) is 7.49. The molecule has 2 N–H and O–H groups in total. The van der Waals surface area contributed by atoms with Crippen molar-refractivity contribution >= 4 is 17.2 Å². The Bertz CT molecular complexity index is 358. The Hall–Kier alpha value is -0.870. The largest absolute Gasteiger partial charge is 0.352 e. The SMILES string of the molecule is O=C(CCCCCc1cccs1)NC1CCCNC1. The second kappa shape index (κ2) is 8.33. The third-order valence-corrected chi connectivity index (χ3v) is 4.51. The molecule has 0 aliphatic carbocycles. The zero-order valence-electron chi connectivity index (χ0n) is 11.5. The number of aryl methyl sites for hydroxylation is 1. The summed E-state index contributed by atoms with van der Waals surface area (Å²) in [5, 5.41) is 8.57. The fourth-order valence-electron chi connectivity index (χ4n) is 2.49. The second-order valence-electron chi connectivity index (χ2n) is 5.25. The van der Waals surface area contributed by atoms with Gasteiger partial charge in [0.05, 0.1) is 0 Å². The minimum atomic E-state index is 0.227. The number of rotatable bonds is 7. The van der Waals surface area contributed by atoms with E-state index in [1.165, 1.54) is 17.7 Å². The first kappa shape index (κ1) is 14.5. The maximum Gasteiger partial charge on any atom is 0.220 e. The highest BCUT2D eigenvalue weighted by Gasteiger charge is 2.14. The Morgan fingerprint density at radius 2 is 2.37 bits per heavy atom. The lowest BCUT2D eigenvalue weighted by molar-refractivity contribution is -0.122. The first-order valence-corrected chi connectivity index (χ1v) is 8.25. The van der Waals surface area contributed by atoms with Crippen LogP contribution in [0.15, 0.2) is 17.5 Å². The van der Waals surface area contributed by atoms with E-state index < -0.39 is 0 Å². The predicted molar refractivity (Wildman–Crippen MR) is 80.5 cm³/mol. The molecule has 4 heteroatoms. The Morgan fingerprint density at radius 1 is 1.42 bits per heavy atom. The van der Waals surface area contributed by atoms with Gasteiger partial charge in [0.15, 0.2) is 0 Å². The van der Waals surface area contributed by atoms with E-state index in [-0.39, 0.29) is 5.91 Å². The minimum absolute atomic E-state index is 0.227. The van der Waals surface area contributed by atoms with Crippen molar-refractivity contribution < 1.29 is 4.79 Å². The zero-order chi connectivity index (χ0) is 13.3. The van der Waals surface area contributed by atoms with Crippen LogP contribution in [0.4, 0.5) is 0 Å². The van der Waals surface area contributed by atoms with Crippen molar-refractivity contribution in [3.63, 3.8) is 0 Å². The fourth-order valence-corrected chi connectivity index (χ4v) is 3.24. The highest BCUT2D eigenvalue weighted by atomic mass is 32.1. The van der Waals surface area contributed by atoms with E-state index in [4.69, 9.17) is 0 Å². The molecular weight excluding hydrogens is 256 g/mol. The maximum atomic E-state index is 11.8. The highest BCUT2D eigenvalue weighted by molar-refractivity contribution is 7.09. The van der Waals surface area contributed by atoms with Gasteiger partial charge in [0.1, 0.15) is 0 Å². The van der Waals surface area contributed by atoms with Crippen LogP contribution < -0.4 is 10.6 Å². The second-order valence-corrected chi connectivity index (χ2v) is 6.28. The average Bonchev–Trinajstić information content (AvgIpc) is 2.92. The van der Waals surface area contributed by atoms with Crippen LogP contribution in [0.25, 0.3) is 0 Å². The molecule has 0 aromatic carbocycles. The van der Waals surface area contributed by atoms with E-state index >= 15 is 0 Å². The van der Waals surface area contributed by atoms with Gasteiger partial charge in [-0.1, -0.05) is 12.5 Å². The lowest BCUT2D eigenvalue weighted by Gasteiger charge is -2.23. The molecule has 1 unspecified atom stereocenters. The highest BCUT2D eigenvalue weighted by Crippen LogP contribution is 2.13. The standard InChI is InChI=1S/C15H24N2OS/c18-15(17-13-6-4-10-16-12-13)9-3-1-2-7-14-8-5-11-19-14/h5,8,11,13,16H,1-4,6-7,9-10,12H2,(H,17,18). The number of nitrogens with one attached hydrogen (secondary N) is 2. The molecule has 106 valence electrons. The quantitative estimate of drug-likeness (QED) is 0.754. The van der Waals surface area contributed by atoms with Gasteiger partial charge in [-0.2, -0.15) is 0 Å². The molecule has 2 heterocycles. The van der Waals surface area contributed by atoms with Crippen LogP contribution in [-0.2, 0) is 11.2 Å². The van der Waals surface area contributed by atoms with Gasteiger partial charge in [-0.05, 0) is 50.1 Å². The number of thiophene rings is 1. The number of piperidine rings is 1. The van der Waals surface area contributed by atoms with Crippen LogP contribution in [0, 0.1) is 0 Å². The van der Waals surface area contributed by atoms with Gasteiger partial charge in [-0.15, -0.1) is 11.3 Å². The van der Waals surface area contributed by atoms with Crippen molar-refractivity contribution in [1.82, 2.24) is 10.6 Å². The van der Waals surface area contributed by atoms with E-state index in [0.29, 0.717) is 12.5 Å². The molecule has 1 atom stereocenters. The molecule has 1 aromatic heterocycles.